The minimum absolute atomic E-state index is 0.139. The monoisotopic (exact) mass is 309 g/mol. The molecule has 0 heterocycles. The number of nitrogens with one attached hydrogen (secondary N) is 2. The number of methoxy groups -OCH3 is 1. The first-order valence-corrected chi connectivity index (χ1v) is 7.38. The second kappa shape index (κ2) is 10.1. The van der Waals surface area contributed by atoms with Crippen LogP contribution in [0.25, 0.3) is 0 Å². The number of hydrogen-bond acceptors (Lipinski definition) is 4. The Hall–Kier alpha value is -1.66. The normalized spacial score (nSPS) is 12.1. The van der Waals surface area contributed by atoms with Gasteiger partial charge in [-0.25, -0.2) is 0 Å². The highest BCUT2D eigenvalue weighted by Crippen LogP contribution is 2.11. The van der Waals surface area contributed by atoms with Gasteiger partial charge in [-0.3, -0.25) is 5.43 Å². The molecule has 0 aliphatic heterocycles. The van der Waals surface area contributed by atoms with Crippen LogP contribution >= 0.6 is 12.2 Å². The van der Waals surface area contributed by atoms with Gasteiger partial charge < -0.3 is 14.8 Å². The largest absolute Gasteiger partial charge is 0.494 e. The van der Waals surface area contributed by atoms with Gasteiger partial charge in [-0.15, -0.1) is 0 Å². The third-order valence-electron chi connectivity index (χ3n) is 2.53. The van der Waals surface area contributed by atoms with Gasteiger partial charge >= 0.3 is 0 Å². The number of ether oxygens (including phenoxy) is 2. The lowest BCUT2D eigenvalue weighted by atomic mass is 10.2. The summed E-state index contributed by atoms with van der Waals surface area (Å²) in [7, 11) is 1.65. The zero-order valence-corrected chi connectivity index (χ0v) is 13.6. The van der Waals surface area contributed by atoms with Crippen molar-refractivity contribution < 1.29 is 9.47 Å². The number of thiocarbonyl (C=S) groups is 1. The van der Waals surface area contributed by atoms with Crippen LogP contribution in [0.5, 0.6) is 5.75 Å². The standard InChI is InChI=1S/C15H23N3O2S/c1-4-9-20-14-7-5-13(6-8-14)10-16-18-15(21)17-12(2)11-19-3/h5-8,10,12H,4,9,11H2,1-3H3,(H2,17,18,21)/b16-10-/t12-/m0/s1. The summed E-state index contributed by atoms with van der Waals surface area (Å²) in [4.78, 5) is 0. The van der Waals surface area contributed by atoms with Crippen molar-refractivity contribution in [2.75, 3.05) is 20.3 Å². The summed E-state index contributed by atoms with van der Waals surface area (Å²) < 4.78 is 10.5. The lowest BCUT2D eigenvalue weighted by molar-refractivity contribution is 0.179. The fourth-order valence-electron chi connectivity index (χ4n) is 1.58. The maximum atomic E-state index is 5.52. The Morgan fingerprint density at radius 3 is 2.71 bits per heavy atom. The molecule has 0 amide bonds. The molecule has 0 aliphatic carbocycles. The first-order valence-electron chi connectivity index (χ1n) is 6.97. The molecule has 1 aromatic rings. The van der Waals surface area contributed by atoms with Crippen molar-refractivity contribution in [3.05, 3.63) is 29.8 Å². The van der Waals surface area contributed by atoms with E-state index in [-0.39, 0.29) is 6.04 Å². The predicted molar refractivity (Wildman–Crippen MR) is 90.0 cm³/mol. The van der Waals surface area contributed by atoms with E-state index >= 15 is 0 Å². The third-order valence-corrected chi connectivity index (χ3v) is 2.74. The molecule has 0 aliphatic rings. The molecule has 0 fully saturated rings. The molecule has 0 spiro atoms. The van der Waals surface area contributed by atoms with E-state index in [0.717, 1.165) is 24.3 Å². The predicted octanol–water partition coefficient (Wildman–Crippen LogP) is 2.31. The summed E-state index contributed by atoms with van der Waals surface area (Å²) in [5, 5.41) is 7.62. The van der Waals surface area contributed by atoms with Crippen molar-refractivity contribution >= 4 is 23.5 Å². The maximum absolute atomic E-state index is 5.52. The van der Waals surface area contributed by atoms with Crippen LogP contribution in [0, 0.1) is 0 Å². The van der Waals surface area contributed by atoms with E-state index in [1.54, 1.807) is 13.3 Å². The topological polar surface area (TPSA) is 54.9 Å². The van der Waals surface area contributed by atoms with Gasteiger partial charge in [0.1, 0.15) is 5.75 Å². The van der Waals surface area contributed by atoms with Gasteiger partial charge in [0, 0.05) is 13.2 Å². The molecule has 116 valence electrons. The van der Waals surface area contributed by atoms with E-state index < -0.39 is 0 Å². The summed E-state index contributed by atoms with van der Waals surface area (Å²) >= 11 is 5.12. The van der Waals surface area contributed by atoms with E-state index in [1.165, 1.54) is 0 Å². The Balaban J connectivity index is 2.37. The van der Waals surface area contributed by atoms with Crippen LogP contribution in [0.4, 0.5) is 0 Å². The smallest absolute Gasteiger partial charge is 0.187 e. The first kappa shape index (κ1) is 17.4. The van der Waals surface area contributed by atoms with Gasteiger partial charge in [-0.2, -0.15) is 5.10 Å². The lowest BCUT2D eigenvalue weighted by Crippen LogP contribution is -2.40. The van der Waals surface area contributed by atoms with Crippen LogP contribution in [0.3, 0.4) is 0 Å². The number of hydrogen-bond donors (Lipinski definition) is 2. The van der Waals surface area contributed by atoms with Crippen LogP contribution in [-0.2, 0) is 4.74 Å². The summed E-state index contributed by atoms with van der Waals surface area (Å²) in [5.41, 5.74) is 3.74. The molecular formula is C15H23N3O2S. The van der Waals surface area contributed by atoms with E-state index in [4.69, 9.17) is 21.7 Å². The van der Waals surface area contributed by atoms with Crippen molar-refractivity contribution in [3.63, 3.8) is 0 Å². The SMILES string of the molecule is CCCOc1ccc(/C=N\NC(=S)N[C@@H](C)COC)cc1. The summed E-state index contributed by atoms with van der Waals surface area (Å²) in [6, 6.07) is 7.88. The third kappa shape index (κ3) is 7.63. The van der Waals surface area contributed by atoms with Crippen molar-refractivity contribution in [1.82, 2.24) is 10.7 Å². The number of rotatable bonds is 8. The molecule has 21 heavy (non-hydrogen) atoms. The van der Waals surface area contributed by atoms with Crippen molar-refractivity contribution in [2.45, 2.75) is 26.3 Å². The average molecular weight is 309 g/mol. The van der Waals surface area contributed by atoms with Crippen LogP contribution in [0.1, 0.15) is 25.8 Å². The Bertz CT molecular complexity index is 449. The van der Waals surface area contributed by atoms with Crippen LogP contribution in [0.15, 0.2) is 29.4 Å². The highest BCUT2D eigenvalue weighted by Gasteiger charge is 2.01. The second-order valence-electron chi connectivity index (χ2n) is 4.62. The fraction of sp³-hybridized carbons (Fsp3) is 0.467. The molecule has 0 unspecified atom stereocenters. The zero-order valence-electron chi connectivity index (χ0n) is 12.8. The molecule has 0 bridgehead atoms. The summed E-state index contributed by atoms with van der Waals surface area (Å²) in [6.45, 7) is 5.38. The van der Waals surface area contributed by atoms with Crippen LogP contribution in [-0.4, -0.2) is 37.7 Å². The Kier molecular flexibility index (Phi) is 8.38. The van der Waals surface area contributed by atoms with Gasteiger partial charge in [0.15, 0.2) is 5.11 Å². The summed E-state index contributed by atoms with van der Waals surface area (Å²) in [5.74, 6) is 0.868. The molecule has 1 atom stereocenters. The molecule has 0 radical (unpaired) electrons. The summed E-state index contributed by atoms with van der Waals surface area (Å²) in [6.07, 6.45) is 2.71. The quantitative estimate of drug-likeness (QED) is 0.438. The van der Waals surface area contributed by atoms with Crippen LogP contribution in [0.2, 0.25) is 0 Å². The Morgan fingerprint density at radius 1 is 1.38 bits per heavy atom. The van der Waals surface area contributed by atoms with Crippen molar-refractivity contribution in [1.29, 1.82) is 0 Å². The molecular weight excluding hydrogens is 286 g/mol. The molecule has 0 saturated heterocycles. The highest BCUT2D eigenvalue weighted by atomic mass is 32.1. The van der Waals surface area contributed by atoms with E-state index in [0.29, 0.717) is 11.7 Å². The Labute approximate surface area is 131 Å². The lowest BCUT2D eigenvalue weighted by Gasteiger charge is -2.13. The number of benzene rings is 1. The molecule has 6 heteroatoms. The molecule has 2 N–H and O–H groups in total. The van der Waals surface area contributed by atoms with Crippen molar-refractivity contribution in [2.24, 2.45) is 5.10 Å². The first-order chi connectivity index (χ1) is 10.2. The van der Waals surface area contributed by atoms with Gasteiger partial charge in [-0.1, -0.05) is 6.92 Å². The van der Waals surface area contributed by atoms with E-state index in [2.05, 4.69) is 22.8 Å². The second-order valence-corrected chi connectivity index (χ2v) is 5.03. The van der Waals surface area contributed by atoms with Gasteiger partial charge in [-0.05, 0) is 55.4 Å². The zero-order chi connectivity index (χ0) is 15.5. The van der Waals surface area contributed by atoms with Gasteiger partial charge in [0.2, 0.25) is 0 Å². The number of nitrogens with zero attached hydrogens (tertiary/aromatic N) is 1. The fourth-order valence-corrected chi connectivity index (χ4v) is 1.84. The minimum atomic E-state index is 0.139. The molecule has 1 aromatic carbocycles. The molecule has 0 aromatic heterocycles. The molecule has 1 rings (SSSR count). The number of hydrazone groups is 1. The van der Waals surface area contributed by atoms with Gasteiger partial charge in [0.05, 0.1) is 19.4 Å². The highest BCUT2D eigenvalue weighted by molar-refractivity contribution is 7.80. The molecule has 5 nitrogen and oxygen atoms in total. The van der Waals surface area contributed by atoms with E-state index in [1.807, 2.05) is 31.2 Å². The van der Waals surface area contributed by atoms with Gasteiger partial charge in [0.25, 0.3) is 0 Å². The average Bonchev–Trinajstić information content (AvgIpc) is 2.46. The van der Waals surface area contributed by atoms with E-state index in [9.17, 15) is 0 Å². The maximum Gasteiger partial charge on any atom is 0.187 e. The van der Waals surface area contributed by atoms with Crippen molar-refractivity contribution in [3.8, 4) is 5.75 Å². The van der Waals surface area contributed by atoms with Crippen LogP contribution < -0.4 is 15.5 Å². The Morgan fingerprint density at radius 2 is 2.10 bits per heavy atom. The molecule has 0 saturated carbocycles. The minimum Gasteiger partial charge on any atom is -0.494 e.